The van der Waals surface area contributed by atoms with Crippen LogP contribution in [-0.4, -0.2) is 29.5 Å². The van der Waals surface area contributed by atoms with Gasteiger partial charge in [0.2, 0.25) is 5.91 Å². The molecule has 2 rings (SSSR count). The molecule has 0 radical (unpaired) electrons. The Morgan fingerprint density at radius 1 is 1.29 bits per heavy atom. The van der Waals surface area contributed by atoms with Gasteiger partial charge in [-0.25, -0.2) is 4.79 Å². The number of carbonyl (C=O) groups excluding carboxylic acids is 1. The summed E-state index contributed by atoms with van der Waals surface area (Å²) in [7, 11) is 1.72. The summed E-state index contributed by atoms with van der Waals surface area (Å²) in [4.78, 5) is 27.6. The van der Waals surface area contributed by atoms with Crippen molar-refractivity contribution in [1.29, 1.82) is 0 Å². The zero-order chi connectivity index (χ0) is 12.3. The molecule has 2 aromatic rings. The normalized spacial score (nSPS) is 10.6. The molecule has 1 amide bonds. The largest absolute Gasteiger partial charge is 0.351 e. The minimum atomic E-state index is -0.226. The number of hydrogen-bond donors (Lipinski definition) is 4. The number of H-pyrrole nitrogens is 2. The fraction of sp³-hybridized carbons (Fsp3) is 0.273. The summed E-state index contributed by atoms with van der Waals surface area (Å²) in [5, 5.41) is 5.54. The maximum atomic E-state index is 11.2. The molecule has 0 spiro atoms. The smallest absolute Gasteiger partial charge is 0.323 e. The molecule has 4 N–H and O–H groups in total. The van der Waals surface area contributed by atoms with Crippen molar-refractivity contribution in [3.05, 3.63) is 34.2 Å². The highest BCUT2D eigenvalue weighted by Crippen LogP contribution is 2.09. The lowest BCUT2D eigenvalue weighted by Crippen LogP contribution is -2.31. The summed E-state index contributed by atoms with van der Waals surface area (Å²) in [6.07, 6.45) is 0. The molecular formula is C11H14N4O2. The quantitative estimate of drug-likeness (QED) is 0.585. The Morgan fingerprint density at radius 2 is 2.06 bits per heavy atom. The van der Waals surface area contributed by atoms with Crippen molar-refractivity contribution in [2.75, 3.05) is 13.6 Å². The third-order valence-electron chi connectivity index (χ3n) is 2.41. The van der Waals surface area contributed by atoms with Crippen molar-refractivity contribution in [2.24, 2.45) is 0 Å². The van der Waals surface area contributed by atoms with Gasteiger partial charge in [-0.05, 0) is 24.7 Å². The van der Waals surface area contributed by atoms with E-state index in [1.165, 1.54) is 0 Å². The van der Waals surface area contributed by atoms with Crippen LogP contribution in [0.2, 0.25) is 0 Å². The number of nitrogens with one attached hydrogen (secondary N) is 4. The second kappa shape index (κ2) is 4.84. The maximum Gasteiger partial charge on any atom is 0.323 e. The van der Waals surface area contributed by atoms with Crippen LogP contribution in [-0.2, 0) is 11.3 Å². The SMILES string of the molecule is CNCC(=O)NCc1ccc2[nH]c(=O)[nH]c2c1. The first-order valence-corrected chi connectivity index (χ1v) is 5.31. The van der Waals surface area contributed by atoms with E-state index < -0.39 is 0 Å². The van der Waals surface area contributed by atoms with Gasteiger partial charge in [-0.3, -0.25) is 4.79 Å². The summed E-state index contributed by atoms with van der Waals surface area (Å²) >= 11 is 0. The molecule has 1 aromatic heterocycles. The van der Waals surface area contributed by atoms with Crippen molar-refractivity contribution in [1.82, 2.24) is 20.6 Å². The number of aromatic nitrogens is 2. The van der Waals surface area contributed by atoms with Crippen LogP contribution < -0.4 is 16.3 Å². The average molecular weight is 234 g/mol. The fourth-order valence-electron chi connectivity index (χ4n) is 1.61. The Morgan fingerprint density at radius 3 is 2.82 bits per heavy atom. The summed E-state index contributed by atoms with van der Waals surface area (Å²) < 4.78 is 0. The Hall–Kier alpha value is -2.08. The average Bonchev–Trinajstić information content (AvgIpc) is 2.66. The molecule has 0 aliphatic rings. The first kappa shape index (κ1) is 11.4. The van der Waals surface area contributed by atoms with Crippen LogP contribution in [0.5, 0.6) is 0 Å². The summed E-state index contributed by atoms with van der Waals surface area (Å²) in [6, 6.07) is 5.52. The van der Waals surface area contributed by atoms with Gasteiger partial charge in [-0.1, -0.05) is 6.07 Å². The van der Waals surface area contributed by atoms with E-state index in [0.29, 0.717) is 13.1 Å². The van der Waals surface area contributed by atoms with E-state index in [1.54, 1.807) is 7.05 Å². The lowest BCUT2D eigenvalue weighted by atomic mass is 10.2. The first-order valence-electron chi connectivity index (χ1n) is 5.31. The summed E-state index contributed by atoms with van der Waals surface area (Å²) in [6.45, 7) is 0.743. The van der Waals surface area contributed by atoms with Crippen molar-refractivity contribution in [3.8, 4) is 0 Å². The van der Waals surface area contributed by atoms with Crippen molar-refractivity contribution < 1.29 is 4.79 Å². The topological polar surface area (TPSA) is 89.8 Å². The second-order valence-electron chi connectivity index (χ2n) is 3.77. The predicted molar refractivity (Wildman–Crippen MR) is 64.7 cm³/mol. The third-order valence-corrected chi connectivity index (χ3v) is 2.41. The van der Waals surface area contributed by atoms with Gasteiger partial charge in [0.1, 0.15) is 0 Å². The number of imidazole rings is 1. The van der Waals surface area contributed by atoms with Crippen LogP contribution in [0.25, 0.3) is 11.0 Å². The van der Waals surface area contributed by atoms with Crippen LogP contribution in [0.3, 0.4) is 0 Å². The van der Waals surface area contributed by atoms with Gasteiger partial charge in [0, 0.05) is 6.54 Å². The molecule has 1 aromatic carbocycles. The van der Waals surface area contributed by atoms with Gasteiger partial charge in [0.25, 0.3) is 0 Å². The predicted octanol–water partition coefficient (Wildman–Crippen LogP) is -0.308. The molecule has 90 valence electrons. The molecule has 0 atom stereocenters. The third kappa shape index (κ3) is 2.73. The Bertz CT molecular complexity index is 584. The summed E-state index contributed by atoms with van der Waals surface area (Å²) in [5.74, 6) is -0.0600. The molecule has 1 heterocycles. The second-order valence-corrected chi connectivity index (χ2v) is 3.77. The number of hydrogen-bond acceptors (Lipinski definition) is 3. The summed E-state index contributed by atoms with van der Waals surface area (Å²) in [5.41, 5.74) is 2.23. The van der Waals surface area contributed by atoms with Crippen LogP contribution in [0.4, 0.5) is 0 Å². The number of amides is 1. The first-order chi connectivity index (χ1) is 8.19. The van der Waals surface area contributed by atoms with Crippen LogP contribution >= 0.6 is 0 Å². The number of fused-ring (bicyclic) bond motifs is 1. The minimum absolute atomic E-state index is 0.0600. The van der Waals surface area contributed by atoms with Crippen LogP contribution in [0.15, 0.2) is 23.0 Å². The van der Waals surface area contributed by atoms with Crippen molar-refractivity contribution in [3.63, 3.8) is 0 Å². The monoisotopic (exact) mass is 234 g/mol. The van der Waals surface area contributed by atoms with E-state index >= 15 is 0 Å². The Labute approximate surface area is 97.4 Å². The van der Waals surface area contributed by atoms with Gasteiger partial charge in [0.15, 0.2) is 0 Å². The minimum Gasteiger partial charge on any atom is -0.351 e. The van der Waals surface area contributed by atoms with Crippen molar-refractivity contribution in [2.45, 2.75) is 6.54 Å². The zero-order valence-corrected chi connectivity index (χ0v) is 9.46. The van der Waals surface area contributed by atoms with E-state index in [9.17, 15) is 9.59 Å². The van der Waals surface area contributed by atoms with E-state index in [2.05, 4.69) is 20.6 Å². The Balaban J connectivity index is 2.08. The van der Waals surface area contributed by atoms with Gasteiger partial charge in [0.05, 0.1) is 17.6 Å². The van der Waals surface area contributed by atoms with Crippen LogP contribution in [0.1, 0.15) is 5.56 Å². The highest BCUT2D eigenvalue weighted by Gasteiger charge is 2.02. The molecule has 0 bridgehead atoms. The molecule has 6 heteroatoms. The molecular weight excluding hydrogens is 220 g/mol. The van der Waals surface area contributed by atoms with Gasteiger partial charge < -0.3 is 20.6 Å². The molecule has 0 saturated heterocycles. The molecule has 0 saturated carbocycles. The number of likely N-dealkylation sites (N-methyl/N-ethyl adjacent to an activating group) is 1. The van der Waals surface area contributed by atoms with Crippen molar-refractivity contribution >= 4 is 16.9 Å². The molecule has 0 aliphatic heterocycles. The highest BCUT2D eigenvalue weighted by molar-refractivity contribution is 5.78. The van der Waals surface area contributed by atoms with Crippen LogP contribution in [0, 0.1) is 0 Å². The van der Waals surface area contributed by atoms with E-state index in [-0.39, 0.29) is 11.6 Å². The zero-order valence-electron chi connectivity index (χ0n) is 9.46. The maximum absolute atomic E-state index is 11.2. The van der Waals surface area contributed by atoms with Gasteiger partial charge in [-0.15, -0.1) is 0 Å². The standard InChI is InChI=1S/C11H14N4O2/c1-12-6-10(16)13-5-7-2-3-8-9(4-7)15-11(17)14-8/h2-4,12H,5-6H2,1H3,(H,13,16)(H2,14,15,17). The number of carbonyl (C=O) groups is 1. The van der Waals surface area contributed by atoms with E-state index in [4.69, 9.17) is 0 Å². The fourth-order valence-corrected chi connectivity index (χ4v) is 1.61. The Kier molecular flexibility index (Phi) is 3.24. The molecule has 6 nitrogen and oxygen atoms in total. The molecule has 0 fully saturated rings. The molecule has 0 unspecified atom stereocenters. The lowest BCUT2D eigenvalue weighted by Gasteiger charge is -2.04. The van der Waals surface area contributed by atoms with E-state index in [0.717, 1.165) is 16.6 Å². The van der Waals surface area contributed by atoms with Gasteiger partial charge in [-0.2, -0.15) is 0 Å². The number of benzene rings is 1. The molecule has 17 heavy (non-hydrogen) atoms. The van der Waals surface area contributed by atoms with E-state index in [1.807, 2.05) is 18.2 Å². The lowest BCUT2D eigenvalue weighted by molar-refractivity contribution is -0.120. The molecule has 0 aliphatic carbocycles. The number of aromatic amines is 2. The highest BCUT2D eigenvalue weighted by atomic mass is 16.2. The number of rotatable bonds is 4. The van der Waals surface area contributed by atoms with Gasteiger partial charge >= 0.3 is 5.69 Å².